The van der Waals surface area contributed by atoms with Gasteiger partial charge in [0.2, 0.25) is 0 Å². The Hall–Kier alpha value is -1.03. The maximum absolute atomic E-state index is 9.08. The minimum Gasteiger partial charge on any atom is -0.390 e. The van der Waals surface area contributed by atoms with Crippen LogP contribution < -0.4 is 0 Å². The summed E-state index contributed by atoms with van der Waals surface area (Å²) in [7, 11) is 0. The Balaban J connectivity index is 2.54. The molecule has 1 aromatic carbocycles. The first kappa shape index (κ1) is 10.5. The molecule has 0 spiro atoms. The second-order valence-electron chi connectivity index (χ2n) is 2.99. The molecule has 0 unspecified atom stereocenters. The van der Waals surface area contributed by atoms with Crippen LogP contribution >= 0.6 is 23.2 Å². The number of aliphatic hydroxyl groups excluding tert-OH is 1. The van der Waals surface area contributed by atoms with E-state index in [1.807, 2.05) is 0 Å². The van der Waals surface area contributed by atoms with Gasteiger partial charge in [0.1, 0.15) is 0 Å². The van der Waals surface area contributed by atoms with Gasteiger partial charge >= 0.3 is 0 Å². The van der Waals surface area contributed by atoms with Gasteiger partial charge < -0.3 is 5.11 Å². The fourth-order valence-electron chi connectivity index (χ4n) is 1.32. The average Bonchev–Trinajstić information content (AvgIpc) is 2.65. The van der Waals surface area contributed by atoms with E-state index in [2.05, 4.69) is 5.10 Å². The van der Waals surface area contributed by atoms with Crippen LogP contribution in [0.1, 0.15) is 5.69 Å². The first-order valence-electron chi connectivity index (χ1n) is 4.31. The Kier molecular flexibility index (Phi) is 2.95. The molecule has 0 saturated carbocycles. The van der Waals surface area contributed by atoms with E-state index < -0.39 is 0 Å². The van der Waals surface area contributed by atoms with E-state index in [0.29, 0.717) is 21.4 Å². The number of hydrogen-bond acceptors (Lipinski definition) is 2. The minimum absolute atomic E-state index is 0.0844. The standard InChI is InChI=1S/C10H8Cl2N2O/c11-7-1-2-10(9(12)5-7)14-8(6-15)3-4-13-14/h1-5,15H,6H2. The number of rotatable bonds is 2. The molecular weight excluding hydrogens is 235 g/mol. The van der Waals surface area contributed by atoms with Crippen LogP contribution in [-0.4, -0.2) is 14.9 Å². The van der Waals surface area contributed by atoms with Gasteiger partial charge in [0, 0.05) is 11.2 Å². The normalized spacial score (nSPS) is 10.6. The maximum atomic E-state index is 9.08. The summed E-state index contributed by atoms with van der Waals surface area (Å²) in [6.07, 6.45) is 1.61. The number of hydrogen-bond donors (Lipinski definition) is 1. The van der Waals surface area contributed by atoms with Crippen LogP contribution in [0, 0.1) is 0 Å². The van der Waals surface area contributed by atoms with Gasteiger partial charge in [0.25, 0.3) is 0 Å². The quantitative estimate of drug-likeness (QED) is 0.880. The SMILES string of the molecule is OCc1ccnn1-c1ccc(Cl)cc1Cl. The zero-order valence-corrected chi connectivity index (χ0v) is 9.20. The van der Waals surface area contributed by atoms with Gasteiger partial charge in [-0.3, -0.25) is 0 Å². The van der Waals surface area contributed by atoms with Crippen LogP contribution in [0.25, 0.3) is 5.69 Å². The van der Waals surface area contributed by atoms with Crippen molar-refractivity contribution in [1.29, 1.82) is 0 Å². The number of nitrogens with zero attached hydrogens (tertiary/aromatic N) is 2. The van der Waals surface area contributed by atoms with Gasteiger partial charge in [-0.05, 0) is 24.3 Å². The van der Waals surface area contributed by atoms with Crippen molar-refractivity contribution in [1.82, 2.24) is 9.78 Å². The molecule has 2 aromatic rings. The zero-order chi connectivity index (χ0) is 10.8. The first-order valence-corrected chi connectivity index (χ1v) is 5.07. The predicted octanol–water partition coefficient (Wildman–Crippen LogP) is 2.67. The summed E-state index contributed by atoms with van der Waals surface area (Å²) in [5.74, 6) is 0. The molecule has 0 bridgehead atoms. The van der Waals surface area contributed by atoms with Crippen LogP contribution in [0.2, 0.25) is 10.0 Å². The van der Waals surface area contributed by atoms with Crippen LogP contribution in [0.15, 0.2) is 30.5 Å². The fraction of sp³-hybridized carbons (Fsp3) is 0.100. The van der Waals surface area contributed by atoms with E-state index in [1.54, 1.807) is 35.1 Å². The lowest BCUT2D eigenvalue weighted by Crippen LogP contribution is -2.02. The Morgan fingerprint density at radius 3 is 2.73 bits per heavy atom. The molecule has 0 amide bonds. The Bertz CT molecular complexity index is 482. The van der Waals surface area contributed by atoms with Crippen molar-refractivity contribution in [3.8, 4) is 5.69 Å². The van der Waals surface area contributed by atoms with Gasteiger partial charge in [0.15, 0.2) is 0 Å². The minimum atomic E-state index is -0.0844. The molecule has 0 aliphatic carbocycles. The van der Waals surface area contributed by atoms with Gasteiger partial charge in [-0.25, -0.2) is 4.68 Å². The van der Waals surface area contributed by atoms with Crippen molar-refractivity contribution in [3.63, 3.8) is 0 Å². The van der Waals surface area contributed by atoms with E-state index >= 15 is 0 Å². The molecule has 2 rings (SSSR count). The summed E-state index contributed by atoms with van der Waals surface area (Å²) < 4.78 is 1.58. The summed E-state index contributed by atoms with van der Waals surface area (Å²) in [4.78, 5) is 0. The van der Waals surface area contributed by atoms with Crippen molar-refractivity contribution >= 4 is 23.2 Å². The highest BCUT2D eigenvalue weighted by Crippen LogP contribution is 2.24. The van der Waals surface area contributed by atoms with Gasteiger partial charge in [-0.1, -0.05) is 23.2 Å². The highest BCUT2D eigenvalue weighted by molar-refractivity contribution is 6.35. The number of halogens is 2. The van der Waals surface area contributed by atoms with Crippen molar-refractivity contribution in [2.24, 2.45) is 0 Å². The smallest absolute Gasteiger partial charge is 0.0854 e. The molecule has 15 heavy (non-hydrogen) atoms. The van der Waals surface area contributed by atoms with Gasteiger partial charge in [0.05, 0.1) is 23.0 Å². The third-order valence-corrected chi connectivity index (χ3v) is 2.56. The molecule has 0 saturated heterocycles. The van der Waals surface area contributed by atoms with Crippen LogP contribution in [0.4, 0.5) is 0 Å². The number of aromatic nitrogens is 2. The molecule has 3 nitrogen and oxygen atoms in total. The summed E-state index contributed by atoms with van der Waals surface area (Å²) in [6, 6.07) is 6.86. The molecule has 0 fully saturated rings. The third-order valence-electron chi connectivity index (χ3n) is 2.02. The highest BCUT2D eigenvalue weighted by atomic mass is 35.5. The maximum Gasteiger partial charge on any atom is 0.0854 e. The zero-order valence-electron chi connectivity index (χ0n) is 7.69. The third kappa shape index (κ3) is 2.00. The lowest BCUT2D eigenvalue weighted by atomic mass is 10.3. The second-order valence-corrected chi connectivity index (χ2v) is 3.83. The van der Waals surface area contributed by atoms with Crippen LogP contribution in [0.3, 0.4) is 0 Å². The summed E-state index contributed by atoms with van der Waals surface area (Å²) in [5.41, 5.74) is 1.38. The van der Waals surface area contributed by atoms with Crippen molar-refractivity contribution in [2.75, 3.05) is 0 Å². The van der Waals surface area contributed by atoms with Crippen molar-refractivity contribution in [3.05, 3.63) is 46.2 Å². The molecule has 0 aliphatic heterocycles. The van der Waals surface area contributed by atoms with E-state index in [9.17, 15) is 0 Å². The molecule has 78 valence electrons. The Labute approximate surface area is 96.9 Å². The number of benzene rings is 1. The Morgan fingerprint density at radius 1 is 1.27 bits per heavy atom. The van der Waals surface area contributed by atoms with E-state index in [0.717, 1.165) is 0 Å². The first-order chi connectivity index (χ1) is 7.22. The van der Waals surface area contributed by atoms with Crippen molar-refractivity contribution < 1.29 is 5.11 Å². The molecule has 5 heteroatoms. The monoisotopic (exact) mass is 242 g/mol. The van der Waals surface area contributed by atoms with E-state index in [1.165, 1.54) is 0 Å². The fourth-order valence-corrected chi connectivity index (χ4v) is 1.81. The van der Waals surface area contributed by atoms with E-state index in [-0.39, 0.29) is 6.61 Å². The average molecular weight is 243 g/mol. The molecule has 0 atom stereocenters. The van der Waals surface area contributed by atoms with Crippen LogP contribution in [0.5, 0.6) is 0 Å². The lowest BCUT2D eigenvalue weighted by Gasteiger charge is -2.07. The highest BCUT2D eigenvalue weighted by Gasteiger charge is 2.07. The Morgan fingerprint density at radius 2 is 2.07 bits per heavy atom. The van der Waals surface area contributed by atoms with Crippen molar-refractivity contribution in [2.45, 2.75) is 6.61 Å². The summed E-state index contributed by atoms with van der Waals surface area (Å²) in [5, 5.41) is 14.2. The van der Waals surface area contributed by atoms with Crippen LogP contribution in [-0.2, 0) is 6.61 Å². The number of aliphatic hydroxyl groups is 1. The van der Waals surface area contributed by atoms with Gasteiger partial charge in [-0.15, -0.1) is 0 Å². The van der Waals surface area contributed by atoms with Gasteiger partial charge in [-0.2, -0.15) is 5.10 Å². The molecular formula is C10H8Cl2N2O. The lowest BCUT2D eigenvalue weighted by molar-refractivity contribution is 0.273. The van der Waals surface area contributed by atoms with E-state index in [4.69, 9.17) is 28.3 Å². The molecule has 0 radical (unpaired) electrons. The molecule has 1 N–H and O–H groups in total. The largest absolute Gasteiger partial charge is 0.390 e. The predicted molar refractivity (Wildman–Crippen MR) is 59.5 cm³/mol. The second kappa shape index (κ2) is 4.23. The summed E-state index contributed by atoms with van der Waals surface area (Å²) in [6.45, 7) is -0.0844. The topological polar surface area (TPSA) is 38.1 Å². The summed E-state index contributed by atoms with van der Waals surface area (Å²) >= 11 is 11.8. The molecule has 1 aromatic heterocycles. The molecule has 1 heterocycles. The molecule has 0 aliphatic rings.